The third-order valence-corrected chi connectivity index (χ3v) is 4.33. The van der Waals surface area contributed by atoms with Gasteiger partial charge in [0.05, 0.1) is 12.1 Å². The number of aromatic nitrogens is 3. The van der Waals surface area contributed by atoms with Gasteiger partial charge in [-0.15, -0.1) is 0 Å². The minimum atomic E-state index is -0.660. The maximum Gasteiger partial charge on any atom is 0.317 e. The van der Waals surface area contributed by atoms with E-state index in [1.165, 1.54) is 18.5 Å². The molecule has 1 N–H and O–H groups in total. The Morgan fingerprint density at radius 2 is 2.08 bits per heavy atom. The zero-order chi connectivity index (χ0) is 17.1. The first-order valence-electron chi connectivity index (χ1n) is 7.89. The number of nitrogens with one attached hydrogen (secondary N) is 1. The predicted molar refractivity (Wildman–Crippen MR) is 83.2 cm³/mol. The second-order valence-electron chi connectivity index (χ2n) is 5.93. The van der Waals surface area contributed by atoms with E-state index in [4.69, 9.17) is 0 Å². The van der Waals surface area contributed by atoms with Gasteiger partial charge < -0.3 is 10.2 Å². The van der Waals surface area contributed by atoms with Gasteiger partial charge in [-0.1, -0.05) is 6.07 Å². The molecule has 0 radical (unpaired) electrons. The molecule has 1 saturated heterocycles. The summed E-state index contributed by atoms with van der Waals surface area (Å²) < 4.78 is 28.6. The van der Waals surface area contributed by atoms with Gasteiger partial charge in [0.25, 0.3) is 0 Å². The summed E-state index contributed by atoms with van der Waals surface area (Å²) in [6.45, 7) is 2.86. The first kappa shape index (κ1) is 16.4. The minimum Gasteiger partial charge on any atom is -0.331 e. The maximum atomic E-state index is 13.8. The number of urea groups is 1. The van der Waals surface area contributed by atoms with Crippen molar-refractivity contribution in [1.29, 1.82) is 0 Å². The molecule has 24 heavy (non-hydrogen) atoms. The van der Waals surface area contributed by atoms with E-state index in [-0.39, 0.29) is 17.6 Å². The summed E-state index contributed by atoms with van der Waals surface area (Å²) in [6.07, 6.45) is 4.75. The molecule has 2 aromatic rings. The number of hydrogen-bond acceptors (Lipinski definition) is 3. The van der Waals surface area contributed by atoms with Crippen LogP contribution in [0.5, 0.6) is 0 Å². The highest BCUT2D eigenvalue weighted by atomic mass is 19.1. The van der Waals surface area contributed by atoms with Gasteiger partial charge in [-0.3, -0.25) is 0 Å². The standard InChI is InChI=1S/C16H19F2N5O/c1-11(14-3-2-12(17)8-15(14)18)21-16(24)22-6-4-13(5-7-22)23-10-19-9-20-23/h2-3,8-11,13H,4-7H2,1H3,(H,21,24). The van der Waals surface area contributed by atoms with Gasteiger partial charge in [-0.05, 0) is 25.8 Å². The largest absolute Gasteiger partial charge is 0.331 e. The number of carbonyl (C=O) groups excluding carboxylic acids is 1. The highest BCUT2D eigenvalue weighted by Crippen LogP contribution is 2.22. The highest BCUT2D eigenvalue weighted by molar-refractivity contribution is 5.74. The smallest absolute Gasteiger partial charge is 0.317 e. The molecule has 1 aliphatic heterocycles. The summed E-state index contributed by atoms with van der Waals surface area (Å²) in [6, 6.07) is 2.82. The molecule has 1 unspecified atom stereocenters. The summed E-state index contributed by atoms with van der Waals surface area (Å²) in [5, 5.41) is 6.89. The lowest BCUT2D eigenvalue weighted by Crippen LogP contribution is -2.45. The Balaban J connectivity index is 1.55. The van der Waals surface area contributed by atoms with Crippen LogP contribution in [0, 0.1) is 11.6 Å². The SMILES string of the molecule is CC(NC(=O)N1CCC(n2cncn2)CC1)c1ccc(F)cc1F. The van der Waals surface area contributed by atoms with Crippen LogP contribution < -0.4 is 5.32 Å². The Bertz CT molecular complexity index is 698. The van der Waals surface area contributed by atoms with Crippen molar-refractivity contribution in [1.82, 2.24) is 25.0 Å². The molecule has 0 saturated carbocycles. The van der Waals surface area contributed by atoms with Crippen LogP contribution in [-0.4, -0.2) is 38.8 Å². The fourth-order valence-corrected chi connectivity index (χ4v) is 2.95. The van der Waals surface area contributed by atoms with E-state index in [2.05, 4.69) is 15.4 Å². The molecule has 0 aliphatic carbocycles. The number of piperidine rings is 1. The molecular weight excluding hydrogens is 316 g/mol. The number of halogens is 2. The van der Waals surface area contributed by atoms with Crippen LogP contribution in [0.3, 0.4) is 0 Å². The summed E-state index contributed by atoms with van der Waals surface area (Å²) in [5.74, 6) is -1.29. The zero-order valence-electron chi connectivity index (χ0n) is 13.3. The van der Waals surface area contributed by atoms with Crippen molar-refractivity contribution in [3.63, 3.8) is 0 Å². The summed E-state index contributed by atoms with van der Waals surface area (Å²) >= 11 is 0. The second-order valence-corrected chi connectivity index (χ2v) is 5.93. The van der Waals surface area contributed by atoms with Crippen molar-refractivity contribution in [2.75, 3.05) is 13.1 Å². The van der Waals surface area contributed by atoms with Gasteiger partial charge in [0.1, 0.15) is 24.3 Å². The van der Waals surface area contributed by atoms with Crippen molar-refractivity contribution in [2.45, 2.75) is 31.8 Å². The quantitative estimate of drug-likeness (QED) is 0.938. The van der Waals surface area contributed by atoms with Crippen LogP contribution in [0.4, 0.5) is 13.6 Å². The molecule has 3 rings (SSSR count). The van der Waals surface area contributed by atoms with Crippen molar-refractivity contribution in [3.05, 3.63) is 48.1 Å². The van der Waals surface area contributed by atoms with Crippen molar-refractivity contribution < 1.29 is 13.6 Å². The summed E-state index contributed by atoms with van der Waals surface area (Å²) in [7, 11) is 0. The third-order valence-electron chi connectivity index (χ3n) is 4.33. The number of benzene rings is 1. The van der Waals surface area contributed by atoms with Gasteiger partial charge in [0, 0.05) is 24.7 Å². The third kappa shape index (κ3) is 3.52. The number of rotatable bonds is 3. The predicted octanol–water partition coefficient (Wildman–Crippen LogP) is 2.66. The van der Waals surface area contributed by atoms with Crippen molar-refractivity contribution >= 4 is 6.03 Å². The van der Waals surface area contributed by atoms with Crippen LogP contribution in [0.25, 0.3) is 0 Å². The summed E-state index contributed by atoms with van der Waals surface area (Å²) in [5.41, 5.74) is 0.266. The molecule has 1 fully saturated rings. The Morgan fingerprint density at radius 3 is 2.71 bits per heavy atom. The first-order chi connectivity index (χ1) is 11.5. The van der Waals surface area contributed by atoms with E-state index < -0.39 is 17.7 Å². The molecule has 1 aliphatic rings. The van der Waals surface area contributed by atoms with Crippen LogP contribution in [0.15, 0.2) is 30.9 Å². The first-order valence-corrected chi connectivity index (χ1v) is 7.89. The Morgan fingerprint density at radius 1 is 1.33 bits per heavy atom. The summed E-state index contributed by atoms with van der Waals surface area (Å²) in [4.78, 5) is 18.0. The van der Waals surface area contributed by atoms with E-state index >= 15 is 0 Å². The minimum absolute atomic E-state index is 0.239. The normalized spacial score (nSPS) is 16.9. The maximum absolute atomic E-state index is 13.8. The molecule has 128 valence electrons. The molecule has 8 heteroatoms. The van der Waals surface area contributed by atoms with Gasteiger partial charge in [0.2, 0.25) is 0 Å². The lowest BCUT2D eigenvalue weighted by atomic mass is 10.1. The molecule has 2 amide bonds. The molecule has 1 aromatic carbocycles. The zero-order valence-corrected chi connectivity index (χ0v) is 13.3. The molecule has 1 atom stereocenters. The fourth-order valence-electron chi connectivity index (χ4n) is 2.95. The van der Waals surface area contributed by atoms with Crippen LogP contribution in [0.1, 0.15) is 37.4 Å². The number of hydrogen-bond donors (Lipinski definition) is 1. The Labute approximate surface area is 138 Å². The van der Waals surface area contributed by atoms with Gasteiger partial charge in [-0.2, -0.15) is 5.10 Å². The van der Waals surface area contributed by atoms with Crippen LogP contribution in [-0.2, 0) is 0 Å². The van der Waals surface area contributed by atoms with E-state index in [0.29, 0.717) is 13.1 Å². The fraction of sp³-hybridized carbons (Fsp3) is 0.438. The van der Waals surface area contributed by atoms with Crippen LogP contribution in [0.2, 0.25) is 0 Å². The monoisotopic (exact) mass is 335 g/mol. The molecular formula is C16H19F2N5O. The van der Waals surface area contributed by atoms with Gasteiger partial charge in [0.15, 0.2) is 0 Å². The number of amides is 2. The van der Waals surface area contributed by atoms with E-state index in [1.807, 2.05) is 4.68 Å². The molecule has 0 bridgehead atoms. The number of carbonyl (C=O) groups is 1. The van der Waals surface area contributed by atoms with E-state index in [1.54, 1.807) is 18.2 Å². The topological polar surface area (TPSA) is 63.1 Å². The van der Waals surface area contributed by atoms with Gasteiger partial charge in [-0.25, -0.2) is 23.2 Å². The lowest BCUT2D eigenvalue weighted by molar-refractivity contribution is 0.166. The van der Waals surface area contributed by atoms with Crippen LogP contribution >= 0.6 is 0 Å². The molecule has 1 aromatic heterocycles. The van der Waals surface area contributed by atoms with Crippen molar-refractivity contribution in [2.24, 2.45) is 0 Å². The Hall–Kier alpha value is -2.51. The molecule has 0 spiro atoms. The Kier molecular flexibility index (Phi) is 4.73. The van der Waals surface area contributed by atoms with Crippen molar-refractivity contribution in [3.8, 4) is 0 Å². The number of nitrogens with zero attached hydrogens (tertiary/aromatic N) is 4. The lowest BCUT2D eigenvalue weighted by Gasteiger charge is -2.32. The average Bonchev–Trinajstić information content (AvgIpc) is 3.09. The number of likely N-dealkylation sites (tertiary alicyclic amines) is 1. The highest BCUT2D eigenvalue weighted by Gasteiger charge is 2.25. The van der Waals surface area contributed by atoms with Gasteiger partial charge >= 0.3 is 6.03 Å². The van der Waals surface area contributed by atoms with E-state index in [9.17, 15) is 13.6 Å². The average molecular weight is 335 g/mol. The van der Waals surface area contributed by atoms with E-state index in [0.717, 1.165) is 18.9 Å². The second kappa shape index (κ2) is 6.94. The molecule has 2 heterocycles. The molecule has 6 nitrogen and oxygen atoms in total.